The van der Waals surface area contributed by atoms with Crippen LogP contribution in [-0.2, 0) is 6.54 Å². The Hall–Kier alpha value is -1.41. The summed E-state index contributed by atoms with van der Waals surface area (Å²) in [7, 11) is 0. The quantitative estimate of drug-likeness (QED) is 0.792. The average molecular weight is 247 g/mol. The van der Waals surface area contributed by atoms with Crippen molar-refractivity contribution in [2.24, 2.45) is 0 Å². The molecule has 0 bridgehead atoms. The number of rotatable bonds is 2. The third-order valence-electron chi connectivity index (χ3n) is 3.31. The summed E-state index contributed by atoms with van der Waals surface area (Å²) in [6, 6.07) is 8.08. The van der Waals surface area contributed by atoms with Gasteiger partial charge in [0.2, 0.25) is 0 Å². The monoisotopic (exact) mass is 246 g/mol. The Morgan fingerprint density at radius 2 is 2.06 bits per heavy atom. The first-order chi connectivity index (χ1) is 8.34. The van der Waals surface area contributed by atoms with Crippen LogP contribution in [0.3, 0.4) is 0 Å². The molecule has 2 aliphatic rings. The van der Waals surface area contributed by atoms with Crippen molar-refractivity contribution in [2.45, 2.75) is 6.54 Å². The summed E-state index contributed by atoms with van der Waals surface area (Å²) < 4.78 is 0. The molecular formula is C14H15ClN2. The number of hydrogen-bond donors (Lipinski definition) is 0. The van der Waals surface area contributed by atoms with E-state index >= 15 is 0 Å². The molecular weight excluding hydrogens is 232 g/mol. The van der Waals surface area contributed by atoms with Gasteiger partial charge in [0.15, 0.2) is 0 Å². The molecule has 0 radical (unpaired) electrons. The third-order valence-corrected chi connectivity index (χ3v) is 3.68. The summed E-state index contributed by atoms with van der Waals surface area (Å²) in [5, 5.41) is 0.859. The zero-order valence-corrected chi connectivity index (χ0v) is 10.4. The average Bonchev–Trinajstić information content (AvgIpc) is 2.76. The highest BCUT2D eigenvalue weighted by Crippen LogP contribution is 2.25. The topological polar surface area (TPSA) is 6.48 Å². The minimum absolute atomic E-state index is 0.859. The van der Waals surface area contributed by atoms with E-state index in [0.717, 1.165) is 31.2 Å². The van der Waals surface area contributed by atoms with Crippen LogP contribution >= 0.6 is 11.6 Å². The van der Waals surface area contributed by atoms with Crippen LogP contribution in [0.5, 0.6) is 0 Å². The van der Waals surface area contributed by atoms with Gasteiger partial charge in [0.05, 0.1) is 0 Å². The van der Waals surface area contributed by atoms with Crippen LogP contribution in [0.4, 0.5) is 0 Å². The van der Waals surface area contributed by atoms with Crippen molar-refractivity contribution in [2.75, 3.05) is 19.6 Å². The molecule has 0 amide bonds. The molecule has 1 fully saturated rings. The predicted molar refractivity (Wildman–Crippen MR) is 70.7 cm³/mol. The molecule has 0 aromatic heterocycles. The maximum atomic E-state index is 6.20. The highest BCUT2D eigenvalue weighted by atomic mass is 35.5. The normalized spacial score (nSPS) is 18.3. The number of halogens is 1. The van der Waals surface area contributed by atoms with E-state index in [4.69, 9.17) is 11.6 Å². The van der Waals surface area contributed by atoms with Crippen LogP contribution in [0, 0.1) is 0 Å². The molecule has 0 atom stereocenters. The fourth-order valence-corrected chi connectivity index (χ4v) is 2.60. The van der Waals surface area contributed by atoms with Crippen LogP contribution in [-0.4, -0.2) is 29.4 Å². The minimum Gasteiger partial charge on any atom is -0.353 e. The summed E-state index contributed by atoms with van der Waals surface area (Å²) in [4.78, 5) is 4.79. The minimum atomic E-state index is 0.859. The zero-order valence-electron chi connectivity index (χ0n) is 9.64. The number of fused-ring (bicyclic) bond motifs is 1. The molecule has 17 heavy (non-hydrogen) atoms. The van der Waals surface area contributed by atoms with Crippen LogP contribution in [0.2, 0.25) is 5.02 Å². The van der Waals surface area contributed by atoms with Crippen LogP contribution in [0.25, 0.3) is 0 Å². The van der Waals surface area contributed by atoms with Crippen LogP contribution < -0.4 is 0 Å². The Morgan fingerprint density at radius 1 is 1.18 bits per heavy atom. The van der Waals surface area contributed by atoms with E-state index in [1.165, 1.54) is 11.4 Å². The molecule has 3 heteroatoms. The number of nitrogens with zero attached hydrogens (tertiary/aromatic N) is 2. The van der Waals surface area contributed by atoms with Gasteiger partial charge in [0, 0.05) is 31.2 Å². The van der Waals surface area contributed by atoms with Gasteiger partial charge >= 0.3 is 0 Å². The van der Waals surface area contributed by atoms with E-state index in [0.29, 0.717) is 0 Å². The Kier molecular flexibility index (Phi) is 2.81. The van der Waals surface area contributed by atoms with Gasteiger partial charge in [-0.1, -0.05) is 42.0 Å². The molecule has 0 unspecified atom stereocenters. The first-order valence-corrected chi connectivity index (χ1v) is 6.32. The lowest BCUT2D eigenvalue weighted by Gasteiger charge is -2.26. The van der Waals surface area contributed by atoms with E-state index in [1.54, 1.807) is 0 Å². The molecule has 0 N–H and O–H groups in total. The molecule has 3 rings (SSSR count). The molecule has 0 spiro atoms. The maximum Gasteiger partial charge on any atom is 0.105 e. The first kappa shape index (κ1) is 10.7. The van der Waals surface area contributed by atoms with Crippen molar-refractivity contribution < 1.29 is 0 Å². The fourth-order valence-electron chi connectivity index (χ4n) is 2.40. The molecule has 1 aromatic carbocycles. The number of benzene rings is 1. The summed E-state index contributed by atoms with van der Waals surface area (Å²) in [5.41, 5.74) is 1.20. The van der Waals surface area contributed by atoms with E-state index in [2.05, 4.69) is 34.1 Å². The zero-order chi connectivity index (χ0) is 11.7. The SMILES string of the molecule is Clc1ccccc1CN1CCN2CC=CC=C21. The van der Waals surface area contributed by atoms with E-state index in [9.17, 15) is 0 Å². The highest BCUT2D eigenvalue weighted by Gasteiger charge is 2.24. The van der Waals surface area contributed by atoms with Crippen molar-refractivity contribution in [3.05, 3.63) is 58.9 Å². The molecule has 88 valence electrons. The maximum absolute atomic E-state index is 6.20. The lowest BCUT2D eigenvalue weighted by Crippen LogP contribution is -2.24. The standard InChI is InChI=1S/C14H15ClN2/c15-13-6-2-1-5-12(13)11-17-10-9-16-8-4-3-7-14(16)17/h1-7H,8-11H2. The van der Waals surface area contributed by atoms with Gasteiger partial charge < -0.3 is 9.80 Å². The third kappa shape index (κ3) is 2.05. The van der Waals surface area contributed by atoms with Crippen molar-refractivity contribution in [1.82, 2.24) is 9.80 Å². The Morgan fingerprint density at radius 3 is 2.94 bits per heavy atom. The van der Waals surface area contributed by atoms with Gasteiger partial charge in [-0.05, 0) is 17.7 Å². The Bertz CT molecular complexity index is 479. The van der Waals surface area contributed by atoms with Crippen molar-refractivity contribution in [1.29, 1.82) is 0 Å². The molecule has 2 heterocycles. The lowest BCUT2D eigenvalue weighted by molar-refractivity contribution is 0.344. The molecule has 0 aliphatic carbocycles. The first-order valence-electron chi connectivity index (χ1n) is 5.95. The second kappa shape index (κ2) is 4.46. The summed E-state index contributed by atoms with van der Waals surface area (Å²) in [6.07, 6.45) is 6.52. The van der Waals surface area contributed by atoms with Gasteiger partial charge in [0.1, 0.15) is 5.82 Å². The van der Waals surface area contributed by atoms with E-state index in [-0.39, 0.29) is 0 Å². The molecule has 0 saturated carbocycles. The lowest BCUT2D eigenvalue weighted by atomic mass is 10.2. The van der Waals surface area contributed by atoms with Crippen molar-refractivity contribution in [3.8, 4) is 0 Å². The smallest absolute Gasteiger partial charge is 0.105 e. The fraction of sp³-hybridized carbons (Fsp3) is 0.286. The summed E-state index contributed by atoms with van der Waals surface area (Å²) in [5.74, 6) is 1.33. The largest absolute Gasteiger partial charge is 0.353 e. The van der Waals surface area contributed by atoms with Gasteiger partial charge in [-0.3, -0.25) is 0 Å². The van der Waals surface area contributed by atoms with Crippen molar-refractivity contribution >= 4 is 11.6 Å². The summed E-state index contributed by atoms with van der Waals surface area (Å²) in [6.45, 7) is 4.13. The number of hydrogen-bond acceptors (Lipinski definition) is 2. The molecule has 1 aromatic rings. The molecule has 1 saturated heterocycles. The van der Waals surface area contributed by atoms with E-state index in [1.807, 2.05) is 18.2 Å². The molecule has 2 aliphatic heterocycles. The molecule has 2 nitrogen and oxygen atoms in total. The Labute approximate surface area is 107 Å². The van der Waals surface area contributed by atoms with Crippen LogP contribution in [0.15, 0.2) is 48.3 Å². The van der Waals surface area contributed by atoms with Gasteiger partial charge in [0.25, 0.3) is 0 Å². The van der Waals surface area contributed by atoms with E-state index < -0.39 is 0 Å². The second-order valence-electron chi connectivity index (χ2n) is 4.41. The Balaban J connectivity index is 1.80. The predicted octanol–water partition coefficient (Wildman–Crippen LogP) is 2.87. The second-order valence-corrected chi connectivity index (χ2v) is 4.82. The van der Waals surface area contributed by atoms with Gasteiger partial charge in [-0.25, -0.2) is 0 Å². The highest BCUT2D eigenvalue weighted by molar-refractivity contribution is 6.31. The van der Waals surface area contributed by atoms with Gasteiger partial charge in [-0.2, -0.15) is 0 Å². The van der Waals surface area contributed by atoms with Gasteiger partial charge in [-0.15, -0.1) is 0 Å². The summed E-state index contributed by atoms with van der Waals surface area (Å²) >= 11 is 6.20. The van der Waals surface area contributed by atoms with Crippen LogP contribution in [0.1, 0.15) is 5.56 Å². The van der Waals surface area contributed by atoms with Crippen molar-refractivity contribution in [3.63, 3.8) is 0 Å². The number of allylic oxidation sites excluding steroid dienone is 2.